The molecule has 1 aromatic carbocycles. The number of nitrogens with one attached hydrogen (secondary N) is 1. The summed E-state index contributed by atoms with van der Waals surface area (Å²) in [4.78, 5) is 8.88. The maximum Gasteiger partial charge on any atom is 0.135 e. The Balaban J connectivity index is 2.24. The van der Waals surface area contributed by atoms with Gasteiger partial charge in [0.25, 0.3) is 0 Å². The van der Waals surface area contributed by atoms with Gasteiger partial charge in [0.2, 0.25) is 0 Å². The molecule has 0 saturated carbocycles. The fraction of sp³-hybridized carbons (Fsp3) is 0.286. The Kier molecular flexibility index (Phi) is 3.77. The van der Waals surface area contributed by atoms with Crippen LogP contribution < -0.4 is 10.1 Å². The Hall–Kier alpha value is -2.10. The third kappa shape index (κ3) is 2.97. The van der Waals surface area contributed by atoms with Crippen molar-refractivity contribution >= 4 is 5.82 Å². The van der Waals surface area contributed by atoms with E-state index in [1.54, 1.807) is 7.11 Å². The molecule has 4 heteroatoms. The molecule has 0 amide bonds. The minimum absolute atomic E-state index is 0.702. The first-order valence-electron chi connectivity index (χ1n) is 5.86. The molecule has 2 aromatic rings. The molecule has 0 radical (unpaired) electrons. The Morgan fingerprint density at radius 1 is 1.22 bits per heavy atom. The fourth-order valence-electron chi connectivity index (χ4n) is 1.80. The molecule has 1 aromatic heterocycles. The number of benzene rings is 1. The highest BCUT2D eigenvalue weighted by molar-refractivity contribution is 5.36. The quantitative estimate of drug-likeness (QED) is 0.896. The molecule has 4 nitrogen and oxygen atoms in total. The largest absolute Gasteiger partial charge is 0.497 e. The van der Waals surface area contributed by atoms with Crippen molar-refractivity contribution in [1.82, 2.24) is 9.97 Å². The first-order chi connectivity index (χ1) is 8.71. The Morgan fingerprint density at radius 3 is 2.78 bits per heavy atom. The van der Waals surface area contributed by atoms with E-state index in [0.717, 1.165) is 28.6 Å². The lowest BCUT2D eigenvalue weighted by molar-refractivity contribution is 0.414. The van der Waals surface area contributed by atoms with E-state index in [-0.39, 0.29) is 0 Å². The van der Waals surface area contributed by atoms with E-state index in [0.29, 0.717) is 6.42 Å². The second-order valence-electron chi connectivity index (χ2n) is 4.09. The molecule has 0 bridgehead atoms. The van der Waals surface area contributed by atoms with E-state index in [9.17, 15) is 0 Å². The second-order valence-corrected chi connectivity index (χ2v) is 4.09. The second kappa shape index (κ2) is 5.49. The molecule has 0 aliphatic rings. The molecule has 0 unspecified atom stereocenters. The van der Waals surface area contributed by atoms with E-state index < -0.39 is 0 Å². The molecule has 0 spiro atoms. The number of rotatable bonds is 4. The van der Waals surface area contributed by atoms with Gasteiger partial charge < -0.3 is 10.1 Å². The molecule has 1 N–H and O–H groups in total. The molecular formula is C14H17N3O. The van der Waals surface area contributed by atoms with E-state index in [2.05, 4.69) is 15.3 Å². The smallest absolute Gasteiger partial charge is 0.135 e. The number of anilines is 1. The van der Waals surface area contributed by atoms with Crippen LogP contribution in [0.4, 0.5) is 5.82 Å². The van der Waals surface area contributed by atoms with Crippen LogP contribution in [-0.4, -0.2) is 24.1 Å². The molecule has 0 aliphatic carbocycles. The van der Waals surface area contributed by atoms with E-state index in [1.165, 1.54) is 0 Å². The van der Waals surface area contributed by atoms with E-state index >= 15 is 0 Å². The third-order valence-electron chi connectivity index (χ3n) is 2.65. The zero-order chi connectivity index (χ0) is 13.0. The van der Waals surface area contributed by atoms with Crippen molar-refractivity contribution in [3.63, 3.8) is 0 Å². The van der Waals surface area contributed by atoms with Gasteiger partial charge >= 0.3 is 0 Å². The third-order valence-corrected chi connectivity index (χ3v) is 2.65. The minimum atomic E-state index is 0.702. The molecule has 94 valence electrons. The van der Waals surface area contributed by atoms with Gasteiger partial charge in [-0.15, -0.1) is 0 Å². The van der Waals surface area contributed by atoms with Crippen molar-refractivity contribution in [3.8, 4) is 5.75 Å². The van der Waals surface area contributed by atoms with Gasteiger partial charge in [-0.2, -0.15) is 0 Å². The SMILES string of the molecule is CNc1cc(C)nc(Cc2cccc(OC)c2)n1. The van der Waals surface area contributed by atoms with Crippen molar-refractivity contribution in [3.05, 3.63) is 47.4 Å². The van der Waals surface area contributed by atoms with Crippen molar-refractivity contribution in [2.45, 2.75) is 13.3 Å². The summed E-state index contributed by atoms with van der Waals surface area (Å²) >= 11 is 0. The van der Waals surface area contributed by atoms with Crippen molar-refractivity contribution in [1.29, 1.82) is 0 Å². The monoisotopic (exact) mass is 243 g/mol. The first kappa shape index (κ1) is 12.4. The predicted octanol–water partition coefficient (Wildman–Crippen LogP) is 2.43. The lowest BCUT2D eigenvalue weighted by atomic mass is 10.1. The molecule has 0 fully saturated rings. The van der Waals surface area contributed by atoms with Crippen LogP contribution in [0.3, 0.4) is 0 Å². The van der Waals surface area contributed by atoms with Gasteiger partial charge in [-0.25, -0.2) is 9.97 Å². The van der Waals surface area contributed by atoms with Crippen molar-refractivity contribution < 1.29 is 4.74 Å². The Labute approximate surface area is 107 Å². The highest BCUT2D eigenvalue weighted by atomic mass is 16.5. The van der Waals surface area contributed by atoms with Gasteiger partial charge in [-0.1, -0.05) is 12.1 Å². The van der Waals surface area contributed by atoms with Crippen molar-refractivity contribution in [2.24, 2.45) is 0 Å². The summed E-state index contributed by atoms with van der Waals surface area (Å²) in [6.45, 7) is 1.97. The lowest BCUT2D eigenvalue weighted by Crippen LogP contribution is -2.02. The summed E-state index contributed by atoms with van der Waals surface area (Å²) in [6.07, 6.45) is 0.702. The normalized spacial score (nSPS) is 10.2. The summed E-state index contributed by atoms with van der Waals surface area (Å²) in [5.74, 6) is 2.52. The maximum atomic E-state index is 5.21. The van der Waals surface area contributed by atoms with Crippen LogP contribution in [0.2, 0.25) is 0 Å². The lowest BCUT2D eigenvalue weighted by Gasteiger charge is -2.06. The number of methoxy groups -OCH3 is 1. The number of aryl methyl sites for hydroxylation is 1. The van der Waals surface area contributed by atoms with Gasteiger partial charge in [0, 0.05) is 25.2 Å². The highest BCUT2D eigenvalue weighted by Gasteiger charge is 2.03. The molecular weight excluding hydrogens is 226 g/mol. The maximum absolute atomic E-state index is 5.21. The van der Waals surface area contributed by atoms with Crippen LogP contribution in [-0.2, 0) is 6.42 Å². The topological polar surface area (TPSA) is 47.0 Å². The summed E-state index contributed by atoms with van der Waals surface area (Å²) in [7, 11) is 3.53. The van der Waals surface area contributed by atoms with Gasteiger partial charge in [0.05, 0.1) is 7.11 Å². The van der Waals surface area contributed by atoms with Gasteiger partial charge in [-0.3, -0.25) is 0 Å². The molecule has 1 heterocycles. The molecule has 0 saturated heterocycles. The average Bonchev–Trinajstić information content (AvgIpc) is 2.38. The number of nitrogens with zero attached hydrogens (tertiary/aromatic N) is 2. The molecule has 0 aliphatic heterocycles. The van der Waals surface area contributed by atoms with Gasteiger partial charge in [-0.05, 0) is 24.6 Å². The number of hydrogen-bond acceptors (Lipinski definition) is 4. The molecule has 2 rings (SSSR count). The number of hydrogen-bond donors (Lipinski definition) is 1. The average molecular weight is 243 g/mol. The Bertz CT molecular complexity index is 540. The molecule has 0 atom stereocenters. The zero-order valence-electron chi connectivity index (χ0n) is 10.9. The summed E-state index contributed by atoms with van der Waals surface area (Å²) in [6, 6.07) is 9.88. The first-order valence-corrected chi connectivity index (χ1v) is 5.86. The Morgan fingerprint density at radius 2 is 2.06 bits per heavy atom. The summed E-state index contributed by atoms with van der Waals surface area (Å²) in [5, 5.41) is 3.04. The summed E-state index contributed by atoms with van der Waals surface area (Å²) in [5.41, 5.74) is 2.11. The van der Waals surface area contributed by atoms with Crippen LogP contribution in [0.5, 0.6) is 5.75 Å². The standard InChI is InChI=1S/C14H17N3O/c1-10-7-13(15-2)17-14(16-10)9-11-5-4-6-12(8-11)18-3/h4-8H,9H2,1-3H3,(H,15,16,17). The van der Waals surface area contributed by atoms with Crippen LogP contribution in [0, 0.1) is 6.92 Å². The van der Waals surface area contributed by atoms with Crippen LogP contribution in [0.25, 0.3) is 0 Å². The van der Waals surface area contributed by atoms with Crippen molar-refractivity contribution in [2.75, 3.05) is 19.5 Å². The highest BCUT2D eigenvalue weighted by Crippen LogP contribution is 2.15. The number of ether oxygens (including phenoxy) is 1. The summed E-state index contributed by atoms with van der Waals surface area (Å²) < 4.78 is 5.21. The zero-order valence-corrected chi connectivity index (χ0v) is 10.9. The van der Waals surface area contributed by atoms with Gasteiger partial charge in [0.1, 0.15) is 17.4 Å². The minimum Gasteiger partial charge on any atom is -0.497 e. The van der Waals surface area contributed by atoms with Crippen LogP contribution in [0.15, 0.2) is 30.3 Å². The van der Waals surface area contributed by atoms with Crippen LogP contribution in [0.1, 0.15) is 17.1 Å². The number of aromatic nitrogens is 2. The van der Waals surface area contributed by atoms with Crippen LogP contribution >= 0.6 is 0 Å². The molecule has 18 heavy (non-hydrogen) atoms. The fourth-order valence-corrected chi connectivity index (χ4v) is 1.80. The predicted molar refractivity (Wildman–Crippen MR) is 72.1 cm³/mol. The van der Waals surface area contributed by atoms with Gasteiger partial charge in [0.15, 0.2) is 0 Å². The van der Waals surface area contributed by atoms with E-state index in [1.807, 2.05) is 44.3 Å². The van der Waals surface area contributed by atoms with E-state index in [4.69, 9.17) is 4.74 Å².